The highest BCUT2D eigenvalue weighted by atomic mass is 32.2. The third kappa shape index (κ3) is 3.45. The number of carbonyl (C=O) groups excluding carboxylic acids is 1. The summed E-state index contributed by atoms with van der Waals surface area (Å²) in [7, 11) is 0. The van der Waals surface area contributed by atoms with E-state index in [-0.39, 0.29) is 11.8 Å². The molecule has 0 saturated heterocycles. The molecule has 152 valence electrons. The molecule has 1 aliphatic carbocycles. The van der Waals surface area contributed by atoms with E-state index in [1.54, 1.807) is 11.8 Å². The number of benzene rings is 2. The minimum atomic E-state index is -0.217. The topological polar surface area (TPSA) is 59.8 Å². The third-order valence-corrected chi connectivity index (χ3v) is 6.69. The average molecular weight is 417 g/mol. The zero-order valence-electron chi connectivity index (χ0n) is 17.2. The van der Waals surface area contributed by atoms with E-state index in [0.29, 0.717) is 6.42 Å². The lowest BCUT2D eigenvalue weighted by Crippen LogP contribution is -2.31. The van der Waals surface area contributed by atoms with E-state index in [1.165, 1.54) is 11.1 Å². The molecule has 0 unspecified atom stereocenters. The lowest BCUT2D eigenvalue weighted by molar-refractivity contribution is -0.116. The van der Waals surface area contributed by atoms with Crippen molar-refractivity contribution >= 4 is 23.5 Å². The number of fused-ring (bicyclic) bond motifs is 1. The Kier molecular flexibility index (Phi) is 4.95. The summed E-state index contributed by atoms with van der Waals surface area (Å²) in [5, 5.41) is 8.97. The highest BCUT2D eigenvalue weighted by molar-refractivity contribution is 7.98. The molecule has 0 amide bonds. The highest BCUT2D eigenvalue weighted by Gasteiger charge is 2.37. The van der Waals surface area contributed by atoms with E-state index in [0.717, 1.165) is 52.1 Å². The Morgan fingerprint density at radius 1 is 1.13 bits per heavy atom. The maximum atomic E-state index is 12.9. The second kappa shape index (κ2) is 7.76. The van der Waals surface area contributed by atoms with Gasteiger partial charge in [-0.25, -0.2) is 4.68 Å². The van der Waals surface area contributed by atoms with Crippen molar-refractivity contribution in [1.29, 1.82) is 0 Å². The smallest absolute Gasteiger partial charge is 0.227 e. The molecule has 0 fully saturated rings. The number of anilines is 1. The molecule has 30 heavy (non-hydrogen) atoms. The van der Waals surface area contributed by atoms with Crippen LogP contribution in [0.25, 0.3) is 0 Å². The molecule has 3 aromatic rings. The van der Waals surface area contributed by atoms with Crippen LogP contribution in [0.15, 0.2) is 65.0 Å². The number of thioether (sulfide) groups is 1. The Bertz CT molecular complexity index is 1160. The van der Waals surface area contributed by atoms with E-state index >= 15 is 0 Å². The van der Waals surface area contributed by atoms with Gasteiger partial charge < -0.3 is 5.32 Å². The second-order valence-corrected chi connectivity index (χ2v) is 8.94. The van der Waals surface area contributed by atoms with Crippen molar-refractivity contribution in [3.05, 3.63) is 82.1 Å². The molecule has 0 saturated carbocycles. The molecule has 6 heteroatoms. The number of rotatable bonds is 4. The van der Waals surface area contributed by atoms with Crippen LogP contribution in [0.5, 0.6) is 0 Å². The zero-order valence-corrected chi connectivity index (χ0v) is 18.0. The maximum Gasteiger partial charge on any atom is 0.227 e. The van der Waals surface area contributed by atoms with Gasteiger partial charge in [-0.3, -0.25) is 4.79 Å². The number of nitrogens with zero attached hydrogens (tertiary/aromatic N) is 3. The summed E-state index contributed by atoms with van der Waals surface area (Å²) in [6.45, 7) is 4.19. The second-order valence-electron chi connectivity index (χ2n) is 7.99. The number of nitrogens with one attached hydrogen (secondary N) is 1. The van der Waals surface area contributed by atoms with Gasteiger partial charge in [0.2, 0.25) is 11.1 Å². The van der Waals surface area contributed by atoms with Crippen molar-refractivity contribution in [3.8, 4) is 0 Å². The number of hydrogen-bond acceptors (Lipinski definition) is 5. The van der Waals surface area contributed by atoms with Crippen LogP contribution in [0.4, 0.5) is 5.95 Å². The fourth-order valence-electron chi connectivity index (χ4n) is 4.33. The van der Waals surface area contributed by atoms with Gasteiger partial charge in [-0.05, 0) is 43.4 Å². The predicted octanol–water partition coefficient (Wildman–Crippen LogP) is 5.21. The predicted molar refractivity (Wildman–Crippen MR) is 120 cm³/mol. The van der Waals surface area contributed by atoms with E-state index in [2.05, 4.69) is 55.6 Å². The molecular weight excluding hydrogens is 392 g/mol. The van der Waals surface area contributed by atoms with Crippen molar-refractivity contribution in [3.63, 3.8) is 0 Å². The number of hydrogen-bond donors (Lipinski definition) is 1. The zero-order chi connectivity index (χ0) is 20.7. The van der Waals surface area contributed by atoms with E-state index in [9.17, 15) is 4.79 Å². The van der Waals surface area contributed by atoms with Crippen molar-refractivity contribution in [2.75, 3.05) is 5.32 Å². The van der Waals surface area contributed by atoms with Crippen molar-refractivity contribution in [2.45, 2.75) is 50.1 Å². The number of Topliss-reactive ketones (excluding diaryl/α,β-unsaturated/α-hetero) is 1. The molecule has 1 N–H and O–H groups in total. The molecule has 1 atom stereocenters. The Morgan fingerprint density at radius 2 is 2.00 bits per heavy atom. The summed E-state index contributed by atoms with van der Waals surface area (Å²) in [5.74, 6) is 1.75. The third-order valence-electron chi connectivity index (χ3n) is 5.78. The lowest BCUT2D eigenvalue weighted by atomic mass is 9.84. The molecule has 2 aromatic carbocycles. The van der Waals surface area contributed by atoms with Gasteiger partial charge in [0.05, 0.1) is 0 Å². The summed E-state index contributed by atoms with van der Waals surface area (Å²) >= 11 is 1.62. The van der Waals surface area contributed by atoms with Crippen molar-refractivity contribution < 1.29 is 4.79 Å². The highest BCUT2D eigenvalue weighted by Crippen LogP contribution is 2.41. The summed E-state index contributed by atoms with van der Waals surface area (Å²) in [6, 6.07) is 16.5. The Labute approximate surface area is 180 Å². The van der Waals surface area contributed by atoms with Gasteiger partial charge >= 0.3 is 0 Å². The van der Waals surface area contributed by atoms with Gasteiger partial charge in [0.15, 0.2) is 5.78 Å². The standard InChI is InChI=1S/C24H24N4OS/c1-15-7-5-9-17(13-15)14-30-24-26-23-25-19-11-6-12-20(29)21(19)22(28(23)27-24)18-10-4-3-8-16(18)2/h3-5,7-10,13,22H,6,11-12,14H2,1-2H3,(H,25,26,27)/t22-/m1/s1. The number of ketones is 1. The monoisotopic (exact) mass is 416 g/mol. The quantitative estimate of drug-likeness (QED) is 0.592. The van der Waals surface area contributed by atoms with Crippen LogP contribution in [0, 0.1) is 13.8 Å². The van der Waals surface area contributed by atoms with Crippen LogP contribution in [0.2, 0.25) is 0 Å². The van der Waals surface area contributed by atoms with E-state index < -0.39 is 0 Å². The van der Waals surface area contributed by atoms with Crippen LogP contribution in [0.3, 0.4) is 0 Å². The Morgan fingerprint density at radius 3 is 2.83 bits per heavy atom. The van der Waals surface area contributed by atoms with Gasteiger partial charge in [-0.15, -0.1) is 5.10 Å². The van der Waals surface area contributed by atoms with E-state index in [4.69, 9.17) is 10.1 Å². The Balaban J connectivity index is 1.52. The minimum Gasteiger partial charge on any atom is -0.328 e. The molecule has 0 radical (unpaired) electrons. The van der Waals surface area contributed by atoms with Gasteiger partial charge in [0.1, 0.15) is 6.04 Å². The first kappa shape index (κ1) is 19.1. The molecular formula is C24H24N4OS. The minimum absolute atomic E-state index is 0.215. The average Bonchev–Trinajstić information content (AvgIpc) is 3.14. The summed E-state index contributed by atoms with van der Waals surface area (Å²) in [6.07, 6.45) is 2.36. The van der Waals surface area contributed by atoms with Gasteiger partial charge in [-0.1, -0.05) is 65.9 Å². The first-order valence-electron chi connectivity index (χ1n) is 10.3. The van der Waals surface area contributed by atoms with Crippen molar-refractivity contribution in [2.24, 2.45) is 0 Å². The molecule has 2 aliphatic rings. The van der Waals surface area contributed by atoms with E-state index in [1.807, 2.05) is 16.8 Å². The lowest BCUT2D eigenvalue weighted by Gasteiger charge is -2.32. The fourth-order valence-corrected chi connectivity index (χ4v) is 5.10. The largest absolute Gasteiger partial charge is 0.328 e. The molecule has 5 rings (SSSR count). The first-order valence-corrected chi connectivity index (χ1v) is 11.3. The summed E-state index contributed by atoms with van der Waals surface area (Å²) < 4.78 is 1.91. The van der Waals surface area contributed by atoms with Crippen LogP contribution in [-0.4, -0.2) is 20.5 Å². The number of aryl methyl sites for hydroxylation is 2. The molecule has 1 aromatic heterocycles. The van der Waals surface area contributed by atoms with Gasteiger partial charge in [0, 0.05) is 23.4 Å². The SMILES string of the molecule is Cc1cccc(CSc2nc3n(n2)[C@H](c2ccccc2C)C2=C(CCCC2=O)N3)c1. The molecule has 0 bridgehead atoms. The summed E-state index contributed by atoms with van der Waals surface area (Å²) in [4.78, 5) is 17.7. The molecule has 5 nitrogen and oxygen atoms in total. The number of allylic oxidation sites excluding steroid dienone is 2. The maximum absolute atomic E-state index is 12.9. The molecule has 2 heterocycles. The summed E-state index contributed by atoms with van der Waals surface area (Å²) in [5.41, 5.74) is 6.64. The number of aromatic nitrogens is 3. The first-order chi connectivity index (χ1) is 14.6. The van der Waals surface area contributed by atoms with Crippen LogP contribution >= 0.6 is 11.8 Å². The van der Waals surface area contributed by atoms with Crippen LogP contribution in [0.1, 0.15) is 47.6 Å². The van der Waals surface area contributed by atoms with Crippen LogP contribution < -0.4 is 5.32 Å². The fraction of sp³-hybridized carbons (Fsp3) is 0.292. The van der Waals surface area contributed by atoms with Gasteiger partial charge in [0.25, 0.3) is 0 Å². The molecule has 0 spiro atoms. The molecule has 1 aliphatic heterocycles. The normalized spacial score (nSPS) is 18.1. The van der Waals surface area contributed by atoms with Gasteiger partial charge in [-0.2, -0.15) is 4.98 Å². The van der Waals surface area contributed by atoms with Crippen molar-refractivity contribution in [1.82, 2.24) is 14.8 Å². The Hall–Kier alpha value is -2.86. The number of carbonyl (C=O) groups is 1. The van der Waals surface area contributed by atoms with Crippen LogP contribution in [-0.2, 0) is 10.5 Å².